The highest BCUT2D eigenvalue weighted by Crippen LogP contribution is 2.35. The van der Waals surface area contributed by atoms with Gasteiger partial charge in [0.05, 0.1) is 21.6 Å². The zero-order chi connectivity index (χ0) is 18.0. The van der Waals surface area contributed by atoms with Crippen LogP contribution in [0.5, 0.6) is 0 Å². The number of carbonyl (C=O) groups is 1. The van der Waals surface area contributed by atoms with Crippen molar-refractivity contribution >= 4 is 69.2 Å². The lowest BCUT2D eigenvalue weighted by molar-refractivity contribution is -0.121. The van der Waals surface area contributed by atoms with Crippen molar-refractivity contribution < 1.29 is 4.79 Å². The number of benzene rings is 2. The fraction of sp³-hybridized carbons (Fsp3) is 0.111. The van der Waals surface area contributed by atoms with Gasteiger partial charge in [-0.05, 0) is 42.3 Å². The highest BCUT2D eigenvalue weighted by Gasteiger charge is 2.31. The molecule has 7 heteroatoms. The highest BCUT2D eigenvalue weighted by atomic mass is 35.5. The second-order valence-corrected chi connectivity index (χ2v) is 7.92. The number of rotatable bonds is 4. The molecule has 128 valence electrons. The van der Waals surface area contributed by atoms with Gasteiger partial charge in [-0.1, -0.05) is 71.4 Å². The molecule has 1 amide bonds. The Labute approximate surface area is 166 Å². The van der Waals surface area contributed by atoms with Gasteiger partial charge in [0.1, 0.15) is 4.32 Å². The molecule has 0 bridgehead atoms. The van der Waals surface area contributed by atoms with Crippen molar-refractivity contribution in [2.75, 3.05) is 12.0 Å². The number of thioether (sulfide) groups is 1. The third-order valence-corrected chi connectivity index (χ3v) is 5.81. The fourth-order valence-corrected chi connectivity index (χ4v) is 3.94. The number of nitrogens with zero attached hydrogens (tertiary/aromatic N) is 1. The van der Waals surface area contributed by atoms with Gasteiger partial charge in [0.2, 0.25) is 0 Å². The number of hydrogen-bond donors (Lipinski definition) is 1. The highest BCUT2D eigenvalue weighted by molar-refractivity contribution is 8.26. The molecular formula is C18H14Cl2N2OS2. The Morgan fingerprint density at radius 2 is 2.00 bits per heavy atom. The van der Waals surface area contributed by atoms with Crippen molar-refractivity contribution in [1.29, 1.82) is 0 Å². The summed E-state index contributed by atoms with van der Waals surface area (Å²) in [5, 5.41) is 4.10. The van der Waals surface area contributed by atoms with Crippen LogP contribution in [0.3, 0.4) is 0 Å². The molecule has 0 saturated carbocycles. The minimum absolute atomic E-state index is 0.147. The monoisotopic (exact) mass is 408 g/mol. The summed E-state index contributed by atoms with van der Waals surface area (Å²) >= 11 is 18.8. The van der Waals surface area contributed by atoms with E-state index in [4.69, 9.17) is 35.4 Å². The number of halogens is 2. The second-order valence-electron chi connectivity index (χ2n) is 5.46. The summed E-state index contributed by atoms with van der Waals surface area (Å²) in [6.07, 6.45) is 1.72. The third-order valence-electron chi connectivity index (χ3n) is 3.60. The SMILES string of the molecule is Cc1cccc(NCN2C(=O)/C(=C/c3cccc(Cl)c3Cl)SC2=S)c1. The maximum Gasteiger partial charge on any atom is 0.267 e. The zero-order valence-corrected chi connectivity index (χ0v) is 16.4. The average molecular weight is 409 g/mol. The summed E-state index contributed by atoms with van der Waals surface area (Å²) in [7, 11) is 0. The Balaban J connectivity index is 1.76. The van der Waals surface area contributed by atoms with E-state index < -0.39 is 0 Å². The van der Waals surface area contributed by atoms with E-state index in [-0.39, 0.29) is 5.91 Å². The van der Waals surface area contributed by atoms with Gasteiger partial charge in [0.25, 0.3) is 5.91 Å². The molecule has 2 aromatic rings. The van der Waals surface area contributed by atoms with Crippen molar-refractivity contribution in [3.63, 3.8) is 0 Å². The standard InChI is InChI=1S/C18H14Cl2N2OS2/c1-11-4-2-6-13(8-11)21-10-22-17(23)15(25-18(22)24)9-12-5-3-7-14(19)16(12)20/h2-9,21H,10H2,1H3/b15-9-. The Bertz CT molecular complexity index is 883. The number of nitrogens with one attached hydrogen (secondary N) is 1. The molecule has 0 aliphatic carbocycles. The topological polar surface area (TPSA) is 32.3 Å². The lowest BCUT2D eigenvalue weighted by Gasteiger charge is -2.16. The van der Waals surface area contributed by atoms with E-state index in [2.05, 4.69) is 5.32 Å². The number of amides is 1. The normalized spacial score (nSPS) is 16.0. The molecule has 1 N–H and O–H groups in total. The molecule has 1 fully saturated rings. The summed E-state index contributed by atoms with van der Waals surface area (Å²) in [5.41, 5.74) is 2.78. The first kappa shape index (κ1) is 18.3. The average Bonchev–Trinajstić information content (AvgIpc) is 2.84. The van der Waals surface area contributed by atoms with Crippen LogP contribution in [0.1, 0.15) is 11.1 Å². The van der Waals surface area contributed by atoms with Gasteiger partial charge >= 0.3 is 0 Å². The first-order chi connectivity index (χ1) is 12.0. The Morgan fingerprint density at radius 3 is 2.76 bits per heavy atom. The largest absolute Gasteiger partial charge is 0.367 e. The van der Waals surface area contributed by atoms with Gasteiger partial charge < -0.3 is 5.32 Å². The van der Waals surface area contributed by atoms with E-state index in [9.17, 15) is 4.79 Å². The van der Waals surface area contributed by atoms with Crippen LogP contribution in [-0.2, 0) is 4.79 Å². The number of anilines is 1. The van der Waals surface area contributed by atoms with Gasteiger partial charge in [0.15, 0.2) is 0 Å². The van der Waals surface area contributed by atoms with E-state index in [0.717, 1.165) is 11.3 Å². The number of hydrogen-bond acceptors (Lipinski definition) is 4. The lowest BCUT2D eigenvalue weighted by atomic mass is 10.2. The van der Waals surface area contributed by atoms with Crippen molar-refractivity contribution in [3.05, 3.63) is 68.5 Å². The van der Waals surface area contributed by atoms with Crippen LogP contribution in [0.2, 0.25) is 10.0 Å². The second kappa shape index (κ2) is 7.79. The molecule has 3 rings (SSSR count). The van der Waals surface area contributed by atoms with Crippen LogP contribution < -0.4 is 5.32 Å². The molecule has 1 heterocycles. The molecular weight excluding hydrogens is 395 g/mol. The van der Waals surface area contributed by atoms with E-state index in [0.29, 0.717) is 31.5 Å². The minimum Gasteiger partial charge on any atom is -0.367 e. The minimum atomic E-state index is -0.147. The quantitative estimate of drug-likeness (QED) is 0.528. The Kier molecular flexibility index (Phi) is 5.69. The van der Waals surface area contributed by atoms with Crippen molar-refractivity contribution in [1.82, 2.24) is 4.90 Å². The van der Waals surface area contributed by atoms with Crippen LogP contribution in [0, 0.1) is 6.92 Å². The molecule has 0 aromatic heterocycles. The van der Waals surface area contributed by atoms with Crippen molar-refractivity contribution in [3.8, 4) is 0 Å². The summed E-state index contributed by atoms with van der Waals surface area (Å²) in [6.45, 7) is 2.33. The fourth-order valence-electron chi connectivity index (χ4n) is 2.33. The van der Waals surface area contributed by atoms with E-state index in [1.165, 1.54) is 16.7 Å². The maximum absolute atomic E-state index is 12.6. The van der Waals surface area contributed by atoms with Crippen LogP contribution in [0.25, 0.3) is 6.08 Å². The number of aryl methyl sites for hydroxylation is 1. The molecule has 2 aromatic carbocycles. The summed E-state index contributed by atoms with van der Waals surface area (Å²) in [4.78, 5) is 14.7. The molecule has 0 radical (unpaired) electrons. The molecule has 25 heavy (non-hydrogen) atoms. The Hall–Kier alpha value is -1.53. The molecule has 0 unspecified atom stereocenters. The summed E-state index contributed by atoms with van der Waals surface area (Å²) in [6, 6.07) is 13.3. The van der Waals surface area contributed by atoms with Gasteiger partial charge in [-0.3, -0.25) is 9.69 Å². The smallest absolute Gasteiger partial charge is 0.267 e. The number of carbonyl (C=O) groups excluding carboxylic acids is 1. The van der Waals surface area contributed by atoms with Crippen molar-refractivity contribution in [2.24, 2.45) is 0 Å². The first-order valence-corrected chi connectivity index (χ1v) is 9.43. The lowest BCUT2D eigenvalue weighted by Crippen LogP contribution is -2.33. The molecule has 3 nitrogen and oxygen atoms in total. The van der Waals surface area contributed by atoms with Crippen LogP contribution in [0.15, 0.2) is 47.4 Å². The molecule has 0 atom stereocenters. The number of thiocarbonyl (C=S) groups is 1. The van der Waals surface area contributed by atoms with Crippen LogP contribution in [0.4, 0.5) is 5.69 Å². The van der Waals surface area contributed by atoms with Gasteiger partial charge in [0, 0.05) is 5.69 Å². The van der Waals surface area contributed by atoms with Gasteiger partial charge in [-0.15, -0.1) is 0 Å². The predicted octanol–water partition coefficient (Wildman–Crippen LogP) is 5.57. The summed E-state index contributed by atoms with van der Waals surface area (Å²) in [5.74, 6) is -0.147. The van der Waals surface area contributed by atoms with Crippen molar-refractivity contribution in [2.45, 2.75) is 6.92 Å². The molecule has 1 aliphatic rings. The Morgan fingerprint density at radius 1 is 1.24 bits per heavy atom. The van der Waals surface area contributed by atoms with Crippen LogP contribution >= 0.6 is 47.2 Å². The van der Waals surface area contributed by atoms with Gasteiger partial charge in [-0.25, -0.2) is 0 Å². The first-order valence-electron chi connectivity index (χ1n) is 7.45. The molecule has 0 spiro atoms. The van der Waals surface area contributed by atoms with Crippen LogP contribution in [-0.4, -0.2) is 21.8 Å². The van der Waals surface area contributed by atoms with Gasteiger partial charge in [-0.2, -0.15) is 0 Å². The van der Waals surface area contributed by atoms with E-state index in [1.54, 1.807) is 18.2 Å². The predicted molar refractivity (Wildman–Crippen MR) is 111 cm³/mol. The summed E-state index contributed by atoms with van der Waals surface area (Å²) < 4.78 is 0.509. The third kappa shape index (κ3) is 4.18. The molecule has 1 aliphatic heterocycles. The van der Waals surface area contributed by atoms with E-state index in [1.807, 2.05) is 37.3 Å². The maximum atomic E-state index is 12.6. The van der Waals surface area contributed by atoms with E-state index >= 15 is 0 Å². The molecule has 1 saturated heterocycles. The zero-order valence-electron chi connectivity index (χ0n) is 13.3.